The molecule has 77 heavy (non-hydrogen) atoms. The summed E-state index contributed by atoms with van der Waals surface area (Å²) in [6.45, 7) is 23.5. The zero-order chi connectivity index (χ0) is 54.5. The van der Waals surface area contributed by atoms with Crippen LogP contribution in [0.4, 0.5) is 0 Å². The fourth-order valence-electron chi connectivity index (χ4n) is 12.2. The van der Waals surface area contributed by atoms with E-state index in [1.54, 1.807) is 14.2 Å². The molecule has 0 spiro atoms. The Kier molecular flexibility index (Phi) is 15.4. The molecule has 10 rings (SSSR count). The molecule has 2 aromatic carbocycles. The van der Waals surface area contributed by atoms with E-state index in [0.717, 1.165) is 94.5 Å². The number of benzene rings is 2. The number of morpholine rings is 2. The molecule has 0 aliphatic carbocycles. The van der Waals surface area contributed by atoms with Crippen LogP contribution in [0.2, 0.25) is 0 Å². The van der Waals surface area contributed by atoms with Gasteiger partial charge in [-0.05, 0) is 156 Å². The highest BCUT2D eigenvalue weighted by molar-refractivity contribution is 6.22. The third-order valence-electron chi connectivity index (χ3n) is 16.7. The van der Waals surface area contributed by atoms with Crippen LogP contribution in [0.15, 0.2) is 45.9 Å². The summed E-state index contributed by atoms with van der Waals surface area (Å²) < 4.78 is 41.6. The Bertz CT molecular complexity index is 3070. The molecule has 4 atom stereocenters. The van der Waals surface area contributed by atoms with E-state index in [1.807, 2.05) is 35.9 Å². The van der Waals surface area contributed by atoms with Crippen molar-refractivity contribution in [1.29, 1.82) is 0 Å². The number of imidazole rings is 2. The average molecular weight is 1050 g/mol. The molecule has 0 radical (unpaired) electrons. The maximum atomic E-state index is 15.4. The summed E-state index contributed by atoms with van der Waals surface area (Å²) in [4.78, 5) is 54.8. The van der Waals surface area contributed by atoms with Gasteiger partial charge in [0.15, 0.2) is 34.4 Å². The van der Waals surface area contributed by atoms with Crippen molar-refractivity contribution >= 4 is 34.9 Å². The molecule has 0 saturated carbocycles. The minimum Gasteiger partial charge on any atom is -0.493 e. The highest BCUT2D eigenvalue weighted by Gasteiger charge is 2.43. The first-order valence-electron chi connectivity index (χ1n) is 28.2. The SMILES string of the molecule is CCC1CCC=C(c2nc(C(=O)N3CCOCC3(C)C)c3n2-c2cc(OC(C)CCC4(C)COCCN4C(=O)c4nc(C5=C(C)CCC(C)N=C5)n5c4CCc4cc(OC)c(OC(C)C)cc4-5)c(OC)cc2CC3)C(C)=N1. The lowest BCUT2D eigenvalue weighted by atomic mass is 9.91. The van der Waals surface area contributed by atoms with Crippen molar-refractivity contribution in [1.82, 2.24) is 28.9 Å². The van der Waals surface area contributed by atoms with Crippen LogP contribution in [0.25, 0.3) is 22.5 Å². The van der Waals surface area contributed by atoms with Crippen LogP contribution in [-0.2, 0) is 35.2 Å². The third-order valence-corrected chi connectivity index (χ3v) is 16.7. The van der Waals surface area contributed by atoms with E-state index in [4.69, 9.17) is 48.4 Å². The van der Waals surface area contributed by atoms with Crippen molar-refractivity contribution in [3.05, 3.63) is 81.5 Å². The number of aromatic nitrogens is 4. The first-order chi connectivity index (χ1) is 36.9. The largest absolute Gasteiger partial charge is 0.493 e. The van der Waals surface area contributed by atoms with Crippen LogP contribution >= 0.6 is 0 Å². The van der Waals surface area contributed by atoms with E-state index in [-0.39, 0.29) is 36.1 Å². The number of nitrogens with zero attached hydrogens (tertiary/aromatic N) is 8. The molecule has 8 heterocycles. The van der Waals surface area contributed by atoms with Gasteiger partial charge in [0.25, 0.3) is 11.8 Å². The summed E-state index contributed by atoms with van der Waals surface area (Å²) in [5.74, 6) is 3.80. The number of aryl methyl sites for hydroxylation is 2. The van der Waals surface area contributed by atoms with Crippen molar-refractivity contribution in [3.63, 3.8) is 0 Å². The average Bonchev–Trinajstić information content (AvgIpc) is 3.87. The molecule has 6 aliphatic rings. The molecule has 2 fully saturated rings. The van der Waals surface area contributed by atoms with Crippen LogP contribution in [0.3, 0.4) is 0 Å². The second kappa shape index (κ2) is 21.9. The number of ether oxygens (including phenoxy) is 6. The Morgan fingerprint density at radius 1 is 0.753 bits per heavy atom. The van der Waals surface area contributed by atoms with Crippen LogP contribution < -0.4 is 18.9 Å². The molecule has 0 bridgehead atoms. The van der Waals surface area contributed by atoms with Crippen molar-refractivity contribution in [3.8, 4) is 34.4 Å². The van der Waals surface area contributed by atoms with Crippen LogP contribution in [0.1, 0.15) is 169 Å². The molecule has 6 aliphatic heterocycles. The number of rotatable bonds is 14. The quantitative estimate of drug-likeness (QED) is 0.119. The Morgan fingerprint density at radius 3 is 1.97 bits per heavy atom. The van der Waals surface area contributed by atoms with Gasteiger partial charge in [-0.3, -0.25) is 28.7 Å². The smallest absolute Gasteiger partial charge is 0.274 e. The summed E-state index contributed by atoms with van der Waals surface area (Å²) in [5.41, 5.74) is 9.58. The van der Waals surface area contributed by atoms with E-state index in [9.17, 15) is 4.79 Å². The van der Waals surface area contributed by atoms with E-state index >= 15 is 4.79 Å². The van der Waals surface area contributed by atoms with Gasteiger partial charge >= 0.3 is 0 Å². The molecule has 4 aromatic rings. The summed E-state index contributed by atoms with van der Waals surface area (Å²) in [6, 6.07) is 8.66. The van der Waals surface area contributed by atoms with Crippen LogP contribution in [0.5, 0.6) is 23.0 Å². The molecular formula is C61H80N8O8. The summed E-state index contributed by atoms with van der Waals surface area (Å²) in [6.07, 6.45) is 12.3. The van der Waals surface area contributed by atoms with Crippen LogP contribution in [0, 0.1) is 0 Å². The minimum absolute atomic E-state index is 0.0701. The lowest BCUT2D eigenvalue weighted by Crippen LogP contribution is -2.57. The fourth-order valence-corrected chi connectivity index (χ4v) is 12.2. The van der Waals surface area contributed by atoms with E-state index in [2.05, 4.69) is 88.8 Å². The standard InChI is InChI=1S/C61H80N8O8/c1-13-43-15-14-16-44(40(7)63-43)56-64-54(58(70)66-25-27-74-34-60(66,8)9)46-21-19-42-30-51(73-12)53(32-49(42)68(46)56)77-39(6)23-24-61(10)35-75-28-26-67(61)59(71)55-47-22-20-41-29-50(72-11)52(76-36(2)3)31-48(41)69(47)57(65-55)45-33-62-38(5)18-17-37(45)4/h16,29-33,36,38-39,43H,13-15,17-28,34-35H2,1-12H3. The molecular weight excluding hydrogens is 973 g/mol. The van der Waals surface area contributed by atoms with Crippen molar-refractivity contribution in [2.24, 2.45) is 9.98 Å². The molecule has 0 N–H and O–H groups in total. The van der Waals surface area contributed by atoms with Gasteiger partial charge in [-0.1, -0.05) is 18.6 Å². The normalized spacial score (nSPS) is 22.5. The summed E-state index contributed by atoms with van der Waals surface area (Å²) in [7, 11) is 3.35. The number of hydrogen-bond acceptors (Lipinski definition) is 12. The number of carbonyl (C=O) groups excluding carboxylic acids is 2. The second-order valence-corrected chi connectivity index (χ2v) is 23.2. The highest BCUT2D eigenvalue weighted by Crippen LogP contribution is 2.43. The van der Waals surface area contributed by atoms with Gasteiger partial charge in [0.2, 0.25) is 0 Å². The Hall–Kier alpha value is -6.26. The molecule has 16 heteroatoms. The lowest BCUT2D eigenvalue weighted by molar-refractivity contribution is -0.0521. The predicted octanol–water partition coefficient (Wildman–Crippen LogP) is 10.2. The second-order valence-electron chi connectivity index (χ2n) is 23.2. The molecule has 4 unspecified atom stereocenters. The monoisotopic (exact) mass is 1050 g/mol. The predicted molar refractivity (Wildman–Crippen MR) is 301 cm³/mol. The molecule has 2 aromatic heterocycles. The Labute approximate surface area is 454 Å². The zero-order valence-corrected chi connectivity index (χ0v) is 47.6. The lowest BCUT2D eigenvalue weighted by Gasteiger charge is -2.45. The number of fused-ring (bicyclic) bond motifs is 6. The Morgan fingerprint density at radius 2 is 1.35 bits per heavy atom. The van der Waals surface area contributed by atoms with Gasteiger partial charge in [-0.25, -0.2) is 9.97 Å². The minimum atomic E-state index is -0.669. The van der Waals surface area contributed by atoms with E-state index < -0.39 is 11.1 Å². The number of carbonyl (C=O) groups is 2. The number of hydrogen-bond donors (Lipinski definition) is 0. The van der Waals surface area contributed by atoms with Crippen molar-refractivity contribution in [2.75, 3.05) is 53.7 Å². The first-order valence-corrected chi connectivity index (χ1v) is 28.2. The molecule has 2 amide bonds. The summed E-state index contributed by atoms with van der Waals surface area (Å²) in [5, 5.41) is 0. The van der Waals surface area contributed by atoms with E-state index in [0.29, 0.717) is 112 Å². The number of amides is 2. The van der Waals surface area contributed by atoms with Crippen molar-refractivity contribution < 1.29 is 38.0 Å². The van der Waals surface area contributed by atoms with Gasteiger partial charge in [-0.15, -0.1) is 0 Å². The van der Waals surface area contributed by atoms with Gasteiger partial charge in [0.05, 0.1) is 92.7 Å². The van der Waals surface area contributed by atoms with Gasteiger partial charge < -0.3 is 38.2 Å². The third kappa shape index (κ3) is 10.4. The highest BCUT2D eigenvalue weighted by atomic mass is 16.5. The van der Waals surface area contributed by atoms with Crippen molar-refractivity contribution in [2.45, 2.75) is 175 Å². The maximum absolute atomic E-state index is 15.4. The first kappa shape index (κ1) is 54.1. The van der Waals surface area contributed by atoms with Crippen LogP contribution in [-0.4, -0.2) is 142 Å². The van der Waals surface area contributed by atoms with Gasteiger partial charge in [0, 0.05) is 54.3 Å². The molecule has 412 valence electrons. The topological polar surface area (TPSA) is 156 Å². The zero-order valence-electron chi connectivity index (χ0n) is 47.6. The number of aliphatic imine (C=N–C) groups is 2. The molecule has 2 saturated heterocycles. The number of methoxy groups -OCH3 is 2. The van der Waals surface area contributed by atoms with E-state index in [1.165, 1.54) is 5.57 Å². The summed E-state index contributed by atoms with van der Waals surface area (Å²) >= 11 is 0. The van der Waals surface area contributed by atoms with Gasteiger partial charge in [-0.2, -0.15) is 0 Å². The Balaban J connectivity index is 0.962. The number of allylic oxidation sites excluding steroid dienone is 4. The maximum Gasteiger partial charge on any atom is 0.274 e. The molecule has 16 nitrogen and oxygen atoms in total. The van der Waals surface area contributed by atoms with Gasteiger partial charge in [0.1, 0.15) is 11.6 Å². The fraction of sp³-hybridized carbons (Fsp3) is 0.574.